The molecule has 6 rings (SSSR count). The Morgan fingerprint density at radius 3 is 2.26 bits per heavy atom. The Balaban J connectivity index is 1.34. The van der Waals surface area contributed by atoms with Crippen LogP contribution in [-0.2, 0) is 21.1 Å². The van der Waals surface area contributed by atoms with Crippen molar-refractivity contribution >= 4 is 15.7 Å². The summed E-state index contributed by atoms with van der Waals surface area (Å²) in [5.74, 6) is 0.906. The molecule has 0 spiro atoms. The largest absolute Gasteiger partial charge is 0.334 e. The molecule has 1 amide bonds. The third kappa shape index (κ3) is 4.36. The molecule has 3 fully saturated rings. The van der Waals surface area contributed by atoms with E-state index in [9.17, 15) is 13.2 Å². The van der Waals surface area contributed by atoms with Gasteiger partial charge in [-0.25, -0.2) is 8.42 Å². The quantitative estimate of drug-likeness (QED) is 0.681. The molecular formula is C25H30N2O3S. The summed E-state index contributed by atoms with van der Waals surface area (Å²) in [6.45, 7) is 0.685. The van der Waals surface area contributed by atoms with Crippen LogP contribution >= 0.6 is 0 Å². The van der Waals surface area contributed by atoms with E-state index < -0.39 is 9.84 Å². The van der Waals surface area contributed by atoms with Crippen molar-refractivity contribution in [3.05, 3.63) is 65.8 Å². The summed E-state index contributed by atoms with van der Waals surface area (Å²) in [6.07, 6.45) is 13.2. The smallest absolute Gasteiger partial charge is 0.227 e. The fourth-order valence-corrected chi connectivity index (χ4v) is 6.95. The maximum absolute atomic E-state index is 13.5. The van der Waals surface area contributed by atoms with Crippen molar-refractivity contribution in [3.63, 3.8) is 0 Å². The molecule has 164 valence electrons. The maximum atomic E-state index is 13.5. The first-order valence-corrected chi connectivity index (χ1v) is 13.1. The van der Waals surface area contributed by atoms with Crippen molar-refractivity contribution in [1.29, 1.82) is 0 Å². The molecule has 1 atom stereocenters. The van der Waals surface area contributed by atoms with Gasteiger partial charge in [0.2, 0.25) is 5.91 Å². The number of amides is 1. The second kappa shape index (κ2) is 7.97. The normalized spacial score (nSPS) is 28.6. The Morgan fingerprint density at radius 1 is 1.03 bits per heavy atom. The van der Waals surface area contributed by atoms with E-state index in [1.807, 2.05) is 58.3 Å². The molecule has 2 heterocycles. The summed E-state index contributed by atoms with van der Waals surface area (Å²) in [5.41, 5.74) is 2.18. The Morgan fingerprint density at radius 2 is 1.68 bits per heavy atom. The van der Waals surface area contributed by atoms with Gasteiger partial charge in [-0.15, -0.1) is 0 Å². The molecule has 2 bridgehead atoms. The van der Waals surface area contributed by atoms with E-state index in [0.29, 0.717) is 13.0 Å². The summed E-state index contributed by atoms with van der Waals surface area (Å²) in [5, 5.41) is 1.29. The molecule has 1 unspecified atom stereocenters. The van der Waals surface area contributed by atoms with E-state index in [0.717, 1.165) is 36.4 Å². The highest BCUT2D eigenvalue weighted by molar-refractivity contribution is 7.94. The van der Waals surface area contributed by atoms with Gasteiger partial charge < -0.3 is 9.47 Å². The van der Waals surface area contributed by atoms with Crippen LogP contribution in [0, 0.1) is 11.3 Å². The summed E-state index contributed by atoms with van der Waals surface area (Å²) in [6, 6.07) is 11.7. The van der Waals surface area contributed by atoms with Gasteiger partial charge in [-0.1, -0.05) is 12.1 Å². The molecule has 3 aliphatic carbocycles. The highest BCUT2D eigenvalue weighted by atomic mass is 32.2. The average molecular weight is 439 g/mol. The molecule has 5 nitrogen and oxygen atoms in total. The lowest BCUT2D eigenvalue weighted by Gasteiger charge is -2.49. The van der Waals surface area contributed by atoms with Crippen molar-refractivity contribution in [1.82, 2.24) is 9.47 Å². The van der Waals surface area contributed by atoms with Gasteiger partial charge >= 0.3 is 0 Å². The Hall–Kier alpha value is -2.34. The standard InChI is InChI=1S/C25H30N2O3S/c28-24(17-21-3-5-22(6-4-21)26-14-1-2-15-26)27(23-10-16-31(29,30)18-23)19-25-11-7-20(8-12-25)9-13-25/h1-6,10,14-16,20,23H,7-9,11-13,17-19H2. The molecule has 1 aromatic carbocycles. The van der Waals surface area contributed by atoms with Gasteiger partial charge in [0.15, 0.2) is 9.84 Å². The number of nitrogens with zero attached hydrogens (tertiary/aromatic N) is 2. The molecular weight excluding hydrogens is 408 g/mol. The van der Waals surface area contributed by atoms with Gasteiger partial charge in [-0.05, 0) is 85.8 Å². The van der Waals surface area contributed by atoms with Crippen LogP contribution in [0.3, 0.4) is 0 Å². The Bertz CT molecular complexity index is 1050. The van der Waals surface area contributed by atoms with Gasteiger partial charge in [-0.3, -0.25) is 4.79 Å². The van der Waals surface area contributed by atoms with E-state index >= 15 is 0 Å². The van der Waals surface area contributed by atoms with E-state index in [2.05, 4.69) is 0 Å². The minimum absolute atomic E-state index is 0.0179. The van der Waals surface area contributed by atoms with E-state index in [4.69, 9.17) is 0 Å². The predicted molar refractivity (Wildman–Crippen MR) is 122 cm³/mol. The average Bonchev–Trinajstić information content (AvgIpc) is 3.44. The van der Waals surface area contributed by atoms with E-state index in [1.165, 1.54) is 24.7 Å². The van der Waals surface area contributed by atoms with Crippen molar-refractivity contribution in [2.75, 3.05) is 12.3 Å². The van der Waals surface area contributed by atoms with Gasteiger partial charge in [0.1, 0.15) is 0 Å². The third-order valence-corrected chi connectivity index (χ3v) is 8.96. The van der Waals surface area contributed by atoms with Crippen molar-refractivity contribution in [2.45, 2.75) is 51.0 Å². The van der Waals surface area contributed by atoms with Crippen LogP contribution in [-0.4, -0.2) is 42.1 Å². The van der Waals surface area contributed by atoms with Crippen LogP contribution in [0.15, 0.2) is 60.3 Å². The number of hydrogen-bond acceptors (Lipinski definition) is 3. The van der Waals surface area contributed by atoms with Gasteiger partial charge in [0.25, 0.3) is 0 Å². The molecule has 1 aromatic heterocycles. The lowest BCUT2D eigenvalue weighted by Crippen LogP contribution is -2.50. The number of fused-ring (bicyclic) bond motifs is 3. The first-order valence-electron chi connectivity index (χ1n) is 11.3. The van der Waals surface area contributed by atoms with Gasteiger partial charge in [-0.2, -0.15) is 0 Å². The highest BCUT2D eigenvalue weighted by Crippen LogP contribution is 2.50. The molecule has 0 radical (unpaired) electrons. The SMILES string of the molecule is O=C(Cc1ccc(-n2cccc2)cc1)N(CC12CCC(CC1)CC2)C1C=CS(=O)(=O)C1. The second-order valence-corrected chi connectivity index (χ2v) is 11.6. The highest BCUT2D eigenvalue weighted by Gasteiger charge is 2.43. The van der Waals surface area contributed by atoms with Crippen molar-refractivity contribution in [3.8, 4) is 5.69 Å². The van der Waals surface area contributed by atoms with Gasteiger partial charge in [0, 0.05) is 30.0 Å². The van der Waals surface area contributed by atoms with E-state index in [-0.39, 0.29) is 23.1 Å². The monoisotopic (exact) mass is 438 g/mol. The maximum Gasteiger partial charge on any atom is 0.227 e. The Kier molecular flexibility index (Phi) is 5.29. The second-order valence-electron chi connectivity index (χ2n) is 9.66. The molecule has 0 saturated heterocycles. The summed E-state index contributed by atoms with van der Waals surface area (Å²) >= 11 is 0. The lowest BCUT2D eigenvalue weighted by atomic mass is 9.60. The summed E-state index contributed by atoms with van der Waals surface area (Å²) < 4.78 is 26.2. The zero-order valence-electron chi connectivity index (χ0n) is 17.8. The van der Waals surface area contributed by atoms with E-state index in [1.54, 1.807) is 6.08 Å². The lowest BCUT2D eigenvalue weighted by molar-refractivity contribution is -0.134. The minimum Gasteiger partial charge on any atom is -0.334 e. The molecule has 6 heteroatoms. The topological polar surface area (TPSA) is 59.4 Å². The zero-order chi connectivity index (χ0) is 21.5. The molecule has 2 aromatic rings. The van der Waals surface area contributed by atoms with Crippen molar-refractivity contribution in [2.24, 2.45) is 11.3 Å². The number of carbonyl (C=O) groups excluding carboxylic acids is 1. The number of benzene rings is 1. The predicted octanol–water partition coefficient (Wildman–Crippen LogP) is 4.13. The molecule has 0 N–H and O–H groups in total. The molecule has 4 aliphatic rings. The molecule has 3 saturated carbocycles. The van der Waals surface area contributed by atoms with Crippen LogP contribution < -0.4 is 0 Å². The van der Waals surface area contributed by atoms with Crippen LogP contribution in [0.2, 0.25) is 0 Å². The minimum atomic E-state index is -3.21. The van der Waals surface area contributed by atoms with Crippen LogP contribution in [0.25, 0.3) is 5.69 Å². The third-order valence-electron chi connectivity index (χ3n) is 7.58. The molecule has 31 heavy (non-hydrogen) atoms. The summed E-state index contributed by atoms with van der Waals surface area (Å²) in [4.78, 5) is 15.3. The van der Waals surface area contributed by atoms with Gasteiger partial charge in [0.05, 0.1) is 18.2 Å². The fraction of sp³-hybridized carbons (Fsp3) is 0.480. The first-order chi connectivity index (χ1) is 14.9. The summed E-state index contributed by atoms with van der Waals surface area (Å²) in [7, 11) is -3.21. The number of hydrogen-bond donors (Lipinski definition) is 0. The fourth-order valence-electron chi connectivity index (χ4n) is 5.65. The van der Waals surface area contributed by atoms with Crippen LogP contribution in [0.5, 0.6) is 0 Å². The Labute approximate surface area is 184 Å². The number of aromatic nitrogens is 1. The first kappa shape index (κ1) is 20.6. The zero-order valence-corrected chi connectivity index (χ0v) is 18.6. The number of rotatable bonds is 6. The number of sulfone groups is 1. The van der Waals surface area contributed by atoms with Crippen LogP contribution in [0.1, 0.15) is 44.1 Å². The number of carbonyl (C=O) groups is 1. The van der Waals surface area contributed by atoms with Crippen molar-refractivity contribution < 1.29 is 13.2 Å². The van der Waals surface area contributed by atoms with Crippen LogP contribution in [0.4, 0.5) is 0 Å². The molecule has 1 aliphatic heterocycles.